The van der Waals surface area contributed by atoms with Gasteiger partial charge in [-0.05, 0) is 18.1 Å². The predicted octanol–water partition coefficient (Wildman–Crippen LogP) is 2.71. The van der Waals surface area contributed by atoms with Crippen molar-refractivity contribution in [3.8, 4) is 0 Å². The molecule has 0 N–H and O–H groups in total. The monoisotopic (exact) mass is 283 g/mol. The van der Waals surface area contributed by atoms with Gasteiger partial charge in [-0.3, -0.25) is 14.9 Å². The Bertz CT molecular complexity index is 556. The van der Waals surface area contributed by atoms with Gasteiger partial charge >= 0.3 is 17.6 Å². The summed E-state index contributed by atoms with van der Waals surface area (Å²) in [5.74, 6) is -3.80. The van der Waals surface area contributed by atoms with Gasteiger partial charge in [-0.25, -0.2) is 4.79 Å². The number of benzene rings is 1. The fraction of sp³-hybridized carbons (Fsp3) is 0.385. The van der Waals surface area contributed by atoms with Crippen LogP contribution in [0, 0.1) is 27.8 Å². The molecule has 1 aromatic rings. The number of nitro benzene ring substituents is 1. The van der Waals surface area contributed by atoms with Gasteiger partial charge in [0, 0.05) is 0 Å². The first-order valence-corrected chi connectivity index (χ1v) is 5.94. The van der Waals surface area contributed by atoms with E-state index in [-0.39, 0.29) is 5.92 Å². The number of hydrogen-bond donors (Lipinski definition) is 0. The molecule has 6 nitrogen and oxygen atoms in total. The summed E-state index contributed by atoms with van der Waals surface area (Å²) < 4.78 is 17.9. The number of halogens is 1. The van der Waals surface area contributed by atoms with Gasteiger partial charge < -0.3 is 4.74 Å². The second kappa shape index (κ2) is 6.23. The van der Waals surface area contributed by atoms with Crippen molar-refractivity contribution < 1.29 is 23.6 Å². The van der Waals surface area contributed by atoms with Crippen LogP contribution < -0.4 is 0 Å². The topological polar surface area (TPSA) is 86.5 Å². The minimum absolute atomic E-state index is 0.0576. The van der Waals surface area contributed by atoms with Crippen molar-refractivity contribution in [2.45, 2.75) is 20.8 Å². The minimum atomic E-state index is -1.23. The van der Waals surface area contributed by atoms with Crippen molar-refractivity contribution in [2.24, 2.45) is 11.8 Å². The Morgan fingerprint density at radius 1 is 1.30 bits per heavy atom. The Labute approximate surface area is 114 Å². The van der Waals surface area contributed by atoms with E-state index < -0.39 is 39.8 Å². The standard InChI is InChI=1S/C13H14FNO5/c1-7(2)8(3)12(16)20-13(17)9-5-4-6-10(14)11(9)15(18)19/h4-8H,1-3H3. The highest BCUT2D eigenvalue weighted by Crippen LogP contribution is 2.23. The number of hydrogen-bond acceptors (Lipinski definition) is 5. The Morgan fingerprint density at radius 3 is 2.40 bits per heavy atom. The molecule has 108 valence electrons. The summed E-state index contributed by atoms with van der Waals surface area (Å²) in [6.07, 6.45) is 0. The van der Waals surface area contributed by atoms with Crippen LogP contribution in [0.3, 0.4) is 0 Å². The molecule has 7 heteroatoms. The molecule has 0 bridgehead atoms. The quantitative estimate of drug-likeness (QED) is 0.367. The van der Waals surface area contributed by atoms with E-state index in [1.807, 2.05) is 0 Å². The van der Waals surface area contributed by atoms with Crippen molar-refractivity contribution in [3.63, 3.8) is 0 Å². The molecule has 0 aliphatic carbocycles. The Kier molecular flexibility index (Phi) is 4.90. The van der Waals surface area contributed by atoms with E-state index in [1.165, 1.54) is 0 Å². The molecule has 0 aromatic heterocycles. The smallest absolute Gasteiger partial charge is 0.352 e. The van der Waals surface area contributed by atoms with Crippen LogP contribution in [0.5, 0.6) is 0 Å². The van der Waals surface area contributed by atoms with E-state index in [9.17, 15) is 24.1 Å². The molecule has 1 unspecified atom stereocenters. The second-order valence-electron chi connectivity index (χ2n) is 4.63. The number of nitro groups is 1. The molecule has 0 amide bonds. The van der Waals surface area contributed by atoms with Crippen LogP contribution in [0.4, 0.5) is 10.1 Å². The fourth-order valence-electron chi connectivity index (χ4n) is 1.38. The van der Waals surface area contributed by atoms with Gasteiger partial charge in [0.05, 0.1) is 10.8 Å². The first-order valence-electron chi connectivity index (χ1n) is 5.94. The second-order valence-corrected chi connectivity index (χ2v) is 4.63. The predicted molar refractivity (Wildman–Crippen MR) is 67.5 cm³/mol. The van der Waals surface area contributed by atoms with E-state index in [2.05, 4.69) is 4.74 Å². The van der Waals surface area contributed by atoms with Crippen LogP contribution in [-0.4, -0.2) is 16.9 Å². The molecule has 1 aromatic carbocycles. The summed E-state index contributed by atoms with van der Waals surface area (Å²) in [7, 11) is 0. The molecule has 0 saturated carbocycles. The van der Waals surface area contributed by atoms with E-state index in [0.717, 1.165) is 18.2 Å². The van der Waals surface area contributed by atoms with Gasteiger partial charge in [0.2, 0.25) is 5.82 Å². The van der Waals surface area contributed by atoms with Crippen LogP contribution in [0.15, 0.2) is 18.2 Å². The van der Waals surface area contributed by atoms with Gasteiger partial charge in [0.15, 0.2) is 0 Å². The summed E-state index contributed by atoms with van der Waals surface area (Å²) >= 11 is 0. The maximum atomic E-state index is 13.4. The molecule has 0 aliphatic heterocycles. The van der Waals surface area contributed by atoms with Crippen molar-refractivity contribution in [1.82, 2.24) is 0 Å². The lowest BCUT2D eigenvalue weighted by atomic mass is 9.98. The highest BCUT2D eigenvalue weighted by molar-refractivity contribution is 6.00. The fourth-order valence-corrected chi connectivity index (χ4v) is 1.38. The number of carbonyl (C=O) groups is 2. The van der Waals surface area contributed by atoms with Gasteiger partial charge in [-0.15, -0.1) is 0 Å². The van der Waals surface area contributed by atoms with Gasteiger partial charge in [0.1, 0.15) is 5.56 Å². The van der Waals surface area contributed by atoms with E-state index in [0.29, 0.717) is 0 Å². The zero-order valence-electron chi connectivity index (χ0n) is 11.3. The first kappa shape index (κ1) is 15.7. The molecule has 0 spiro atoms. The maximum absolute atomic E-state index is 13.4. The van der Waals surface area contributed by atoms with Crippen LogP contribution >= 0.6 is 0 Å². The van der Waals surface area contributed by atoms with Crippen LogP contribution in [-0.2, 0) is 9.53 Å². The summed E-state index contributed by atoms with van der Waals surface area (Å²) in [6, 6.07) is 3.03. The molecule has 20 heavy (non-hydrogen) atoms. The lowest BCUT2D eigenvalue weighted by molar-refractivity contribution is -0.387. The van der Waals surface area contributed by atoms with Crippen LogP contribution in [0.25, 0.3) is 0 Å². The molecule has 0 saturated heterocycles. The molecule has 0 fully saturated rings. The summed E-state index contributed by atoms with van der Waals surface area (Å²) in [4.78, 5) is 33.1. The van der Waals surface area contributed by atoms with Gasteiger partial charge in [-0.2, -0.15) is 4.39 Å². The third kappa shape index (κ3) is 3.37. The number of carbonyl (C=O) groups excluding carboxylic acids is 2. The number of esters is 2. The normalized spacial score (nSPS) is 12.1. The Hall–Kier alpha value is -2.31. The maximum Gasteiger partial charge on any atom is 0.352 e. The summed E-state index contributed by atoms with van der Waals surface area (Å²) in [5, 5.41) is 10.7. The van der Waals surface area contributed by atoms with E-state index in [4.69, 9.17) is 0 Å². The van der Waals surface area contributed by atoms with Gasteiger partial charge in [-0.1, -0.05) is 26.8 Å². The Balaban J connectivity index is 3.02. The highest BCUT2D eigenvalue weighted by atomic mass is 19.1. The summed E-state index contributed by atoms with van der Waals surface area (Å²) in [5.41, 5.74) is -1.58. The number of para-hydroxylation sites is 1. The van der Waals surface area contributed by atoms with Crippen molar-refractivity contribution in [1.29, 1.82) is 0 Å². The molecule has 1 rings (SSSR count). The number of ether oxygens (including phenoxy) is 1. The van der Waals surface area contributed by atoms with Crippen molar-refractivity contribution >= 4 is 17.6 Å². The lowest BCUT2D eigenvalue weighted by Crippen LogP contribution is -2.23. The largest absolute Gasteiger partial charge is 0.389 e. The number of nitrogens with zero attached hydrogens (tertiary/aromatic N) is 1. The Morgan fingerprint density at radius 2 is 1.90 bits per heavy atom. The van der Waals surface area contributed by atoms with E-state index in [1.54, 1.807) is 20.8 Å². The third-order valence-electron chi connectivity index (χ3n) is 2.95. The SMILES string of the molecule is CC(C)C(C)C(=O)OC(=O)c1cccc(F)c1[N+](=O)[O-]. The van der Waals surface area contributed by atoms with Crippen molar-refractivity contribution in [3.05, 3.63) is 39.7 Å². The molecule has 0 aliphatic rings. The van der Waals surface area contributed by atoms with Gasteiger partial charge in [0.25, 0.3) is 0 Å². The average Bonchev–Trinajstić information content (AvgIpc) is 2.36. The van der Waals surface area contributed by atoms with Crippen molar-refractivity contribution in [2.75, 3.05) is 0 Å². The molecule has 1 atom stereocenters. The minimum Gasteiger partial charge on any atom is -0.389 e. The molecular weight excluding hydrogens is 269 g/mol. The van der Waals surface area contributed by atoms with Crippen LogP contribution in [0.1, 0.15) is 31.1 Å². The molecule has 0 radical (unpaired) electrons. The van der Waals surface area contributed by atoms with Crippen LogP contribution in [0.2, 0.25) is 0 Å². The zero-order valence-corrected chi connectivity index (χ0v) is 11.3. The highest BCUT2D eigenvalue weighted by Gasteiger charge is 2.29. The summed E-state index contributed by atoms with van der Waals surface area (Å²) in [6.45, 7) is 5.10. The van der Waals surface area contributed by atoms with E-state index >= 15 is 0 Å². The zero-order chi connectivity index (χ0) is 15.4. The average molecular weight is 283 g/mol. The number of rotatable bonds is 4. The third-order valence-corrected chi connectivity index (χ3v) is 2.95. The first-order chi connectivity index (χ1) is 9.25. The molecular formula is C13H14FNO5. The lowest BCUT2D eigenvalue weighted by Gasteiger charge is -2.13. The molecule has 0 heterocycles.